The number of pyridine rings is 2. The first-order valence-electron chi connectivity index (χ1n) is 9.92. The minimum Gasteiger partial charge on any atom is -0.335 e. The van der Waals surface area contributed by atoms with Crippen LogP contribution < -0.4 is 0 Å². The number of aromatic nitrogens is 6. The van der Waals surface area contributed by atoms with Gasteiger partial charge in [0, 0.05) is 29.1 Å². The largest absolute Gasteiger partial charge is 0.335 e. The van der Waals surface area contributed by atoms with Gasteiger partial charge in [0.1, 0.15) is 16.9 Å². The maximum absolute atomic E-state index is 14.4. The molecular weight excluding hydrogens is 405 g/mol. The number of imidazole rings is 1. The van der Waals surface area contributed by atoms with Gasteiger partial charge in [-0.25, -0.2) is 14.4 Å². The molecule has 4 heterocycles. The number of aromatic amines is 2. The van der Waals surface area contributed by atoms with Gasteiger partial charge in [0.2, 0.25) is 0 Å². The molecule has 5 aromatic rings. The van der Waals surface area contributed by atoms with Gasteiger partial charge in [-0.05, 0) is 31.8 Å². The first kappa shape index (κ1) is 19.5. The van der Waals surface area contributed by atoms with Crippen LogP contribution in [0.1, 0.15) is 12.6 Å². The van der Waals surface area contributed by atoms with Crippen molar-refractivity contribution in [3.05, 3.63) is 78.7 Å². The molecule has 7 nitrogen and oxygen atoms in total. The number of hydrogen-bond donors (Lipinski definition) is 2. The van der Waals surface area contributed by atoms with E-state index in [0.717, 1.165) is 16.8 Å². The van der Waals surface area contributed by atoms with Crippen molar-refractivity contribution in [3.63, 3.8) is 0 Å². The van der Waals surface area contributed by atoms with Crippen molar-refractivity contribution in [2.24, 2.45) is 4.99 Å². The van der Waals surface area contributed by atoms with Gasteiger partial charge in [-0.2, -0.15) is 5.10 Å². The molecule has 0 saturated carbocycles. The molecule has 0 fully saturated rings. The lowest BCUT2D eigenvalue weighted by atomic mass is 10.1. The Morgan fingerprint density at radius 1 is 1.03 bits per heavy atom. The summed E-state index contributed by atoms with van der Waals surface area (Å²) in [7, 11) is 0. The van der Waals surface area contributed by atoms with E-state index in [0.29, 0.717) is 39.2 Å². The number of nitrogens with one attached hydrogen (secondary N) is 2. The average Bonchev–Trinajstić information content (AvgIpc) is 3.42. The predicted molar refractivity (Wildman–Crippen MR) is 125 cm³/mol. The summed E-state index contributed by atoms with van der Waals surface area (Å²) in [6.45, 7) is 5.46. The molecule has 1 aromatic carbocycles. The first-order valence-corrected chi connectivity index (χ1v) is 9.92. The molecular formula is C24H18FN7. The van der Waals surface area contributed by atoms with E-state index < -0.39 is 0 Å². The smallest absolute Gasteiger partial charge is 0.161 e. The van der Waals surface area contributed by atoms with Crippen LogP contribution in [0.3, 0.4) is 0 Å². The lowest BCUT2D eigenvalue weighted by Crippen LogP contribution is -1.89. The Kier molecular flexibility index (Phi) is 4.87. The molecule has 0 saturated heterocycles. The summed E-state index contributed by atoms with van der Waals surface area (Å²) < 4.78 is 14.4. The number of hydrogen-bond acceptors (Lipinski definition) is 5. The van der Waals surface area contributed by atoms with Gasteiger partial charge >= 0.3 is 0 Å². The molecule has 156 valence electrons. The van der Waals surface area contributed by atoms with Crippen molar-refractivity contribution < 1.29 is 4.39 Å². The van der Waals surface area contributed by atoms with E-state index in [9.17, 15) is 4.39 Å². The third-order valence-corrected chi connectivity index (χ3v) is 5.06. The Morgan fingerprint density at radius 2 is 1.91 bits per heavy atom. The van der Waals surface area contributed by atoms with E-state index >= 15 is 0 Å². The van der Waals surface area contributed by atoms with Gasteiger partial charge in [0.05, 0.1) is 22.9 Å². The zero-order valence-corrected chi connectivity index (χ0v) is 17.2. The summed E-state index contributed by atoms with van der Waals surface area (Å²) >= 11 is 0. The van der Waals surface area contributed by atoms with Crippen LogP contribution in [0.15, 0.2) is 72.1 Å². The normalized spacial score (nSPS) is 12.2. The van der Waals surface area contributed by atoms with Crippen LogP contribution in [0, 0.1) is 5.82 Å². The fourth-order valence-corrected chi connectivity index (χ4v) is 3.62. The summed E-state index contributed by atoms with van der Waals surface area (Å²) in [5.74, 6) is 0.182. The van der Waals surface area contributed by atoms with Crippen molar-refractivity contribution >= 4 is 34.4 Å². The molecule has 0 radical (unpaired) electrons. The average molecular weight is 423 g/mol. The van der Waals surface area contributed by atoms with E-state index in [1.165, 1.54) is 6.07 Å². The van der Waals surface area contributed by atoms with Crippen molar-refractivity contribution in [3.8, 4) is 22.6 Å². The van der Waals surface area contributed by atoms with E-state index in [1.807, 2.05) is 31.2 Å². The lowest BCUT2D eigenvalue weighted by molar-refractivity contribution is 0.631. The fourth-order valence-electron chi connectivity index (χ4n) is 3.62. The lowest BCUT2D eigenvalue weighted by Gasteiger charge is -2.03. The Morgan fingerprint density at radius 3 is 2.72 bits per heavy atom. The predicted octanol–water partition coefficient (Wildman–Crippen LogP) is 5.32. The second kappa shape index (κ2) is 7.99. The summed E-state index contributed by atoms with van der Waals surface area (Å²) in [6.07, 6.45) is 8.75. The van der Waals surface area contributed by atoms with Crippen LogP contribution in [-0.2, 0) is 0 Å². The quantitative estimate of drug-likeness (QED) is 0.295. The molecule has 0 unspecified atom stereocenters. The number of aliphatic imine (C=N–C) groups is 1. The monoisotopic (exact) mass is 423 g/mol. The molecule has 4 aromatic heterocycles. The van der Waals surface area contributed by atoms with Crippen LogP contribution in [0.5, 0.6) is 0 Å². The third kappa shape index (κ3) is 3.27. The van der Waals surface area contributed by atoms with Gasteiger partial charge in [0.25, 0.3) is 0 Å². The summed E-state index contributed by atoms with van der Waals surface area (Å²) in [4.78, 5) is 20.9. The molecule has 0 spiro atoms. The molecule has 0 atom stereocenters. The summed E-state index contributed by atoms with van der Waals surface area (Å²) in [5.41, 5.74) is 5.87. The van der Waals surface area contributed by atoms with Gasteiger partial charge in [-0.3, -0.25) is 15.1 Å². The zero-order chi connectivity index (χ0) is 22.1. The molecule has 8 heteroatoms. The first-order chi connectivity index (χ1) is 15.7. The van der Waals surface area contributed by atoms with Crippen LogP contribution in [0.25, 0.3) is 50.3 Å². The molecule has 5 rings (SSSR count). The number of benzene rings is 1. The number of H-pyrrole nitrogens is 2. The molecule has 2 N–H and O–H groups in total. The summed E-state index contributed by atoms with van der Waals surface area (Å²) in [5, 5.41) is 7.42. The highest BCUT2D eigenvalue weighted by molar-refractivity contribution is 5.95. The number of nitrogens with zero attached hydrogens (tertiary/aromatic N) is 5. The van der Waals surface area contributed by atoms with E-state index in [-0.39, 0.29) is 5.82 Å². The Bertz CT molecular complexity index is 1520. The molecule has 0 aliphatic rings. The zero-order valence-electron chi connectivity index (χ0n) is 17.2. The maximum atomic E-state index is 14.4. The second-order valence-corrected chi connectivity index (χ2v) is 7.08. The minimum atomic E-state index is -0.331. The van der Waals surface area contributed by atoms with Crippen LogP contribution in [0.2, 0.25) is 0 Å². The van der Waals surface area contributed by atoms with Gasteiger partial charge in [-0.15, -0.1) is 0 Å². The second-order valence-electron chi connectivity index (χ2n) is 7.08. The highest BCUT2D eigenvalue weighted by Crippen LogP contribution is 2.31. The Hall–Kier alpha value is -4.46. The van der Waals surface area contributed by atoms with Crippen LogP contribution >= 0.6 is 0 Å². The van der Waals surface area contributed by atoms with Crippen molar-refractivity contribution in [1.82, 2.24) is 30.1 Å². The minimum absolute atomic E-state index is 0.331. The van der Waals surface area contributed by atoms with E-state index in [1.54, 1.807) is 36.8 Å². The third-order valence-electron chi connectivity index (χ3n) is 5.06. The molecule has 32 heavy (non-hydrogen) atoms. The fraction of sp³-hybridized carbons (Fsp3) is 0.0417. The Labute approximate surface area is 182 Å². The molecule has 0 aliphatic carbocycles. The standard InChI is InChI=1S/C24H18FN7/c1-3-6-14(11-26-2)18-9-10-19-22(28-18)23(32-31-19)24-29-20-13-27-12-16(21(20)30-24)15-7-4-5-8-17(15)25/h3-13H,2H2,1H3,(H,29,30)(H,31,32)/b6-3-,14-11+. The highest BCUT2D eigenvalue weighted by atomic mass is 19.1. The van der Waals surface area contributed by atoms with Crippen molar-refractivity contribution in [2.75, 3.05) is 0 Å². The number of halogens is 1. The topological polar surface area (TPSA) is 95.5 Å². The van der Waals surface area contributed by atoms with Gasteiger partial charge < -0.3 is 4.98 Å². The molecule has 0 aliphatic heterocycles. The van der Waals surface area contributed by atoms with Crippen LogP contribution in [0.4, 0.5) is 4.39 Å². The maximum Gasteiger partial charge on any atom is 0.161 e. The van der Waals surface area contributed by atoms with Crippen molar-refractivity contribution in [1.29, 1.82) is 0 Å². The Balaban J connectivity index is 1.68. The number of allylic oxidation sites excluding steroid dienone is 3. The van der Waals surface area contributed by atoms with E-state index in [2.05, 4.69) is 31.9 Å². The molecule has 0 bridgehead atoms. The van der Waals surface area contributed by atoms with Crippen molar-refractivity contribution in [2.45, 2.75) is 6.92 Å². The SMILES string of the molecule is C=N/C=C(\C=C/C)c1ccc2[nH]nc(-c3nc4c(-c5ccccc5F)cncc4[nH]3)c2n1. The summed E-state index contributed by atoms with van der Waals surface area (Å²) in [6, 6.07) is 10.4. The van der Waals surface area contributed by atoms with Gasteiger partial charge in [-0.1, -0.05) is 30.4 Å². The van der Waals surface area contributed by atoms with Gasteiger partial charge in [0.15, 0.2) is 11.5 Å². The molecule has 0 amide bonds. The van der Waals surface area contributed by atoms with E-state index in [4.69, 9.17) is 9.97 Å². The highest BCUT2D eigenvalue weighted by Gasteiger charge is 2.18. The number of rotatable bonds is 5. The van der Waals surface area contributed by atoms with Crippen LogP contribution in [-0.4, -0.2) is 36.9 Å². The number of fused-ring (bicyclic) bond motifs is 2.